The SMILES string of the molecule is CCC1(CC)NC(=O)CN(Cc2c(C)nn(C)c2Cl)C1=O. The molecule has 1 N–H and O–H groups in total. The Morgan fingerprint density at radius 2 is 1.95 bits per heavy atom. The lowest BCUT2D eigenvalue weighted by atomic mass is 9.89. The first kappa shape index (κ1) is 15.8. The van der Waals surface area contributed by atoms with Gasteiger partial charge in [-0.15, -0.1) is 0 Å². The summed E-state index contributed by atoms with van der Waals surface area (Å²) in [6.07, 6.45) is 1.15. The standard InChI is InChI=1S/C14H21ClN4O2/c1-5-14(6-2)13(21)19(8-11(20)16-14)7-10-9(3)17-18(4)12(10)15/h5-8H2,1-4H3,(H,16,20). The summed E-state index contributed by atoms with van der Waals surface area (Å²) in [6, 6.07) is 0. The van der Waals surface area contributed by atoms with Crippen molar-refractivity contribution in [2.24, 2.45) is 7.05 Å². The van der Waals surface area contributed by atoms with Gasteiger partial charge in [-0.3, -0.25) is 14.3 Å². The van der Waals surface area contributed by atoms with Gasteiger partial charge in [0.05, 0.1) is 18.8 Å². The molecule has 7 heteroatoms. The maximum absolute atomic E-state index is 12.7. The van der Waals surface area contributed by atoms with Gasteiger partial charge in [-0.05, 0) is 19.8 Å². The molecule has 116 valence electrons. The molecule has 6 nitrogen and oxygen atoms in total. The topological polar surface area (TPSA) is 67.2 Å². The maximum atomic E-state index is 12.7. The number of halogens is 1. The number of aromatic nitrogens is 2. The van der Waals surface area contributed by atoms with Crippen LogP contribution in [0, 0.1) is 6.92 Å². The van der Waals surface area contributed by atoms with E-state index in [9.17, 15) is 9.59 Å². The Labute approximate surface area is 129 Å². The molecule has 1 fully saturated rings. The summed E-state index contributed by atoms with van der Waals surface area (Å²) in [5, 5.41) is 7.59. The third-order valence-corrected chi connectivity index (χ3v) is 4.71. The Bertz CT molecular complexity index is 578. The molecular weight excluding hydrogens is 292 g/mol. The van der Waals surface area contributed by atoms with E-state index in [4.69, 9.17) is 11.6 Å². The highest BCUT2D eigenvalue weighted by Crippen LogP contribution is 2.26. The second-order valence-corrected chi connectivity index (χ2v) is 5.83. The number of hydrogen-bond acceptors (Lipinski definition) is 3. The lowest BCUT2D eigenvalue weighted by molar-refractivity contribution is -0.151. The number of piperazine rings is 1. The van der Waals surface area contributed by atoms with Crippen molar-refractivity contribution in [2.45, 2.75) is 45.7 Å². The Morgan fingerprint density at radius 3 is 2.43 bits per heavy atom. The Hall–Kier alpha value is -1.56. The van der Waals surface area contributed by atoms with E-state index in [2.05, 4.69) is 10.4 Å². The molecular formula is C14H21ClN4O2. The van der Waals surface area contributed by atoms with Crippen LogP contribution in [0.2, 0.25) is 5.15 Å². The normalized spacial score (nSPS) is 18.0. The van der Waals surface area contributed by atoms with Gasteiger partial charge in [0.2, 0.25) is 11.8 Å². The fourth-order valence-corrected chi connectivity index (χ4v) is 3.04. The van der Waals surface area contributed by atoms with Gasteiger partial charge in [-0.25, -0.2) is 0 Å². The average molecular weight is 313 g/mol. The molecule has 1 aliphatic rings. The predicted octanol–water partition coefficient (Wildman–Crippen LogP) is 1.40. The fourth-order valence-electron chi connectivity index (χ4n) is 2.81. The van der Waals surface area contributed by atoms with Gasteiger partial charge >= 0.3 is 0 Å². The van der Waals surface area contributed by atoms with E-state index in [0.29, 0.717) is 24.5 Å². The molecule has 0 aliphatic carbocycles. The lowest BCUT2D eigenvalue weighted by Gasteiger charge is -2.41. The van der Waals surface area contributed by atoms with Crippen LogP contribution in [0.15, 0.2) is 0 Å². The predicted molar refractivity (Wildman–Crippen MR) is 79.8 cm³/mol. The van der Waals surface area contributed by atoms with E-state index >= 15 is 0 Å². The molecule has 0 bridgehead atoms. The number of nitrogens with one attached hydrogen (secondary N) is 1. The van der Waals surface area contributed by atoms with Crippen molar-refractivity contribution in [1.82, 2.24) is 20.0 Å². The van der Waals surface area contributed by atoms with Gasteiger partial charge in [0.25, 0.3) is 0 Å². The van der Waals surface area contributed by atoms with Gasteiger partial charge in [-0.2, -0.15) is 5.10 Å². The summed E-state index contributed by atoms with van der Waals surface area (Å²) in [4.78, 5) is 26.3. The molecule has 0 radical (unpaired) electrons. The monoisotopic (exact) mass is 312 g/mol. The van der Waals surface area contributed by atoms with Gasteiger partial charge in [-0.1, -0.05) is 25.4 Å². The molecule has 1 saturated heterocycles. The van der Waals surface area contributed by atoms with E-state index in [1.165, 1.54) is 0 Å². The number of amides is 2. The first-order chi connectivity index (χ1) is 9.84. The number of hydrogen-bond donors (Lipinski definition) is 1. The summed E-state index contributed by atoms with van der Waals surface area (Å²) >= 11 is 6.22. The van der Waals surface area contributed by atoms with Crippen molar-refractivity contribution in [2.75, 3.05) is 6.54 Å². The quantitative estimate of drug-likeness (QED) is 0.914. The van der Waals surface area contributed by atoms with Gasteiger partial charge < -0.3 is 10.2 Å². The van der Waals surface area contributed by atoms with Crippen LogP contribution in [0.5, 0.6) is 0 Å². The van der Waals surface area contributed by atoms with Crippen molar-refractivity contribution in [3.05, 3.63) is 16.4 Å². The molecule has 0 atom stereocenters. The van der Waals surface area contributed by atoms with Crippen LogP contribution in [-0.4, -0.2) is 38.6 Å². The zero-order chi connectivity index (χ0) is 15.8. The van der Waals surface area contributed by atoms with E-state index < -0.39 is 5.54 Å². The average Bonchev–Trinajstić information content (AvgIpc) is 2.69. The number of aryl methyl sites for hydroxylation is 2. The molecule has 2 rings (SSSR count). The first-order valence-corrected chi connectivity index (χ1v) is 7.50. The van der Waals surface area contributed by atoms with Gasteiger partial charge in [0.15, 0.2) is 0 Å². The molecule has 0 aromatic carbocycles. The van der Waals surface area contributed by atoms with Crippen LogP contribution in [0.25, 0.3) is 0 Å². The minimum atomic E-state index is -0.794. The summed E-state index contributed by atoms with van der Waals surface area (Å²) in [6.45, 7) is 6.04. The molecule has 2 amide bonds. The van der Waals surface area contributed by atoms with Crippen LogP contribution in [-0.2, 0) is 23.2 Å². The maximum Gasteiger partial charge on any atom is 0.249 e. The van der Waals surface area contributed by atoms with E-state index in [-0.39, 0.29) is 18.4 Å². The van der Waals surface area contributed by atoms with Crippen molar-refractivity contribution in [1.29, 1.82) is 0 Å². The summed E-state index contributed by atoms with van der Waals surface area (Å²) in [7, 11) is 1.76. The van der Waals surface area contributed by atoms with Crippen molar-refractivity contribution in [3.8, 4) is 0 Å². The van der Waals surface area contributed by atoms with Crippen LogP contribution in [0.1, 0.15) is 37.9 Å². The highest BCUT2D eigenvalue weighted by Gasteiger charge is 2.44. The van der Waals surface area contributed by atoms with Crippen molar-refractivity contribution in [3.63, 3.8) is 0 Å². The highest BCUT2D eigenvalue weighted by molar-refractivity contribution is 6.30. The minimum absolute atomic E-state index is 0.0496. The highest BCUT2D eigenvalue weighted by atomic mass is 35.5. The summed E-state index contributed by atoms with van der Waals surface area (Å²) in [5.74, 6) is -0.178. The molecule has 2 heterocycles. The zero-order valence-electron chi connectivity index (χ0n) is 12.9. The number of carbonyl (C=O) groups excluding carboxylic acids is 2. The molecule has 1 aromatic heterocycles. The largest absolute Gasteiger partial charge is 0.340 e. The van der Waals surface area contributed by atoms with E-state index in [1.807, 2.05) is 20.8 Å². The van der Waals surface area contributed by atoms with Crippen LogP contribution >= 0.6 is 11.6 Å². The smallest absolute Gasteiger partial charge is 0.249 e. The number of rotatable bonds is 4. The molecule has 0 spiro atoms. The van der Waals surface area contributed by atoms with Gasteiger partial charge in [0.1, 0.15) is 10.7 Å². The second kappa shape index (κ2) is 5.67. The van der Waals surface area contributed by atoms with Gasteiger partial charge in [0, 0.05) is 12.6 Å². The lowest BCUT2D eigenvalue weighted by Crippen LogP contribution is -2.65. The number of nitrogens with zero attached hydrogens (tertiary/aromatic N) is 3. The minimum Gasteiger partial charge on any atom is -0.340 e. The zero-order valence-corrected chi connectivity index (χ0v) is 13.6. The molecule has 0 saturated carbocycles. The first-order valence-electron chi connectivity index (χ1n) is 7.13. The van der Waals surface area contributed by atoms with Crippen LogP contribution in [0.3, 0.4) is 0 Å². The molecule has 1 aliphatic heterocycles. The van der Waals surface area contributed by atoms with Crippen LogP contribution < -0.4 is 5.32 Å². The van der Waals surface area contributed by atoms with Crippen molar-refractivity contribution < 1.29 is 9.59 Å². The number of carbonyl (C=O) groups is 2. The Morgan fingerprint density at radius 1 is 1.33 bits per heavy atom. The summed E-state index contributed by atoms with van der Waals surface area (Å²) in [5.41, 5.74) is 0.779. The van der Waals surface area contributed by atoms with E-state index in [0.717, 1.165) is 11.3 Å². The van der Waals surface area contributed by atoms with Crippen molar-refractivity contribution >= 4 is 23.4 Å². The second-order valence-electron chi connectivity index (χ2n) is 5.48. The summed E-state index contributed by atoms with van der Waals surface area (Å²) < 4.78 is 1.58. The molecule has 1 aromatic rings. The van der Waals surface area contributed by atoms with E-state index in [1.54, 1.807) is 16.6 Å². The van der Waals surface area contributed by atoms with Crippen LogP contribution in [0.4, 0.5) is 0 Å². The Balaban J connectivity index is 2.30. The third-order valence-electron chi connectivity index (χ3n) is 4.24. The third kappa shape index (κ3) is 2.64. The molecule has 21 heavy (non-hydrogen) atoms. The Kier molecular flexibility index (Phi) is 4.27. The molecule has 0 unspecified atom stereocenters. The fraction of sp³-hybridized carbons (Fsp3) is 0.643.